The first-order valence-electron chi connectivity index (χ1n) is 9.51. The van der Waals surface area contributed by atoms with Crippen molar-refractivity contribution in [1.29, 1.82) is 0 Å². The first kappa shape index (κ1) is 20.8. The van der Waals surface area contributed by atoms with Crippen molar-refractivity contribution < 1.29 is 14.3 Å². The molecule has 0 saturated heterocycles. The summed E-state index contributed by atoms with van der Waals surface area (Å²) in [5.41, 5.74) is 7.08. The van der Waals surface area contributed by atoms with Crippen LogP contribution in [0.2, 0.25) is 0 Å². The summed E-state index contributed by atoms with van der Waals surface area (Å²) in [6.45, 7) is 0.506. The molecule has 0 heterocycles. The minimum absolute atomic E-state index is 0. The quantitative estimate of drug-likeness (QED) is 0.756. The third kappa shape index (κ3) is 5.52. The number of amides is 1. The predicted molar refractivity (Wildman–Crippen MR) is 105 cm³/mol. The van der Waals surface area contributed by atoms with E-state index in [0.717, 1.165) is 49.2 Å². The van der Waals surface area contributed by atoms with Crippen LogP contribution in [0.25, 0.3) is 0 Å². The number of methoxy groups -OCH3 is 1. The van der Waals surface area contributed by atoms with Crippen LogP contribution < -0.4 is 20.5 Å². The zero-order chi connectivity index (χ0) is 17.6. The van der Waals surface area contributed by atoms with Crippen molar-refractivity contribution in [3.8, 4) is 11.5 Å². The number of ether oxygens (including phenoxy) is 2. The molecule has 0 spiro atoms. The number of carbonyl (C=O) groups is 1. The summed E-state index contributed by atoms with van der Waals surface area (Å²) < 4.78 is 11.5. The van der Waals surface area contributed by atoms with Gasteiger partial charge in [-0.3, -0.25) is 4.79 Å². The maximum absolute atomic E-state index is 12.2. The van der Waals surface area contributed by atoms with Crippen molar-refractivity contribution in [1.82, 2.24) is 5.32 Å². The number of benzene rings is 1. The van der Waals surface area contributed by atoms with Crippen molar-refractivity contribution in [3.05, 3.63) is 23.8 Å². The molecule has 0 unspecified atom stereocenters. The predicted octanol–water partition coefficient (Wildman–Crippen LogP) is 3.57. The lowest BCUT2D eigenvalue weighted by Crippen LogP contribution is -2.31. The Hall–Kier alpha value is -1.46. The molecule has 1 aromatic carbocycles. The number of hydrogen-bond donors (Lipinski definition) is 2. The van der Waals surface area contributed by atoms with Crippen LogP contribution in [0, 0.1) is 5.92 Å². The highest BCUT2D eigenvalue weighted by molar-refractivity contribution is 5.85. The van der Waals surface area contributed by atoms with Crippen LogP contribution >= 0.6 is 12.4 Å². The normalized spacial score (nSPS) is 22.7. The fourth-order valence-electron chi connectivity index (χ4n) is 3.94. The second kappa shape index (κ2) is 10.0. The summed E-state index contributed by atoms with van der Waals surface area (Å²) in [5, 5.41) is 3.01. The van der Waals surface area contributed by atoms with Gasteiger partial charge in [-0.15, -0.1) is 12.4 Å². The van der Waals surface area contributed by atoms with Crippen LogP contribution in [0.1, 0.15) is 56.9 Å². The molecule has 0 bridgehead atoms. The molecule has 2 saturated carbocycles. The molecule has 0 radical (unpaired) electrons. The zero-order valence-electron chi connectivity index (χ0n) is 15.5. The highest BCUT2D eigenvalue weighted by atomic mass is 35.5. The minimum atomic E-state index is 0. The van der Waals surface area contributed by atoms with Crippen molar-refractivity contribution >= 4 is 18.3 Å². The Morgan fingerprint density at radius 1 is 1.15 bits per heavy atom. The van der Waals surface area contributed by atoms with Gasteiger partial charge >= 0.3 is 0 Å². The summed E-state index contributed by atoms with van der Waals surface area (Å²) in [6.07, 6.45) is 8.72. The fourth-order valence-corrected chi connectivity index (χ4v) is 3.94. The number of nitrogens with two attached hydrogens (primary N) is 1. The lowest BCUT2D eigenvalue weighted by atomic mass is 10.00. The van der Waals surface area contributed by atoms with E-state index >= 15 is 0 Å². The van der Waals surface area contributed by atoms with Gasteiger partial charge in [-0.05, 0) is 62.1 Å². The van der Waals surface area contributed by atoms with E-state index in [1.54, 1.807) is 7.11 Å². The Bertz CT molecular complexity index is 590. The maximum atomic E-state index is 12.2. The van der Waals surface area contributed by atoms with E-state index < -0.39 is 0 Å². The van der Waals surface area contributed by atoms with Crippen molar-refractivity contribution in [2.75, 3.05) is 7.11 Å². The minimum Gasteiger partial charge on any atom is -0.493 e. The molecule has 26 heavy (non-hydrogen) atoms. The van der Waals surface area contributed by atoms with Crippen LogP contribution in [0.4, 0.5) is 0 Å². The molecule has 1 aromatic rings. The van der Waals surface area contributed by atoms with Gasteiger partial charge in [0.1, 0.15) is 0 Å². The van der Waals surface area contributed by atoms with Crippen LogP contribution in [0.15, 0.2) is 18.2 Å². The largest absolute Gasteiger partial charge is 0.493 e. The number of rotatable bonds is 7. The van der Waals surface area contributed by atoms with E-state index in [2.05, 4.69) is 5.32 Å². The molecule has 2 fully saturated rings. The van der Waals surface area contributed by atoms with E-state index in [9.17, 15) is 4.79 Å². The Labute approximate surface area is 162 Å². The van der Waals surface area contributed by atoms with E-state index in [1.165, 1.54) is 12.8 Å². The van der Waals surface area contributed by atoms with E-state index in [0.29, 0.717) is 18.9 Å². The molecule has 3 N–H and O–H groups in total. The van der Waals surface area contributed by atoms with Gasteiger partial charge in [0.15, 0.2) is 11.5 Å². The van der Waals surface area contributed by atoms with Gasteiger partial charge in [-0.25, -0.2) is 0 Å². The second-order valence-corrected chi connectivity index (χ2v) is 7.35. The molecule has 2 aliphatic carbocycles. The third-order valence-corrected chi connectivity index (χ3v) is 5.48. The average Bonchev–Trinajstić information content (AvgIpc) is 3.26. The summed E-state index contributed by atoms with van der Waals surface area (Å²) >= 11 is 0. The van der Waals surface area contributed by atoms with Gasteiger partial charge in [0.05, 0.1) is 13.2 Å². The van der Waals surface area contributed by atoms with Gasteiger partial charge in [0, 0.05) is 19.0 Å². The smallest absolute Gasteiger partial charge is 0.220 e. The standard InChI is InChI=1S/C20H30N2O3.ClH/c1-24-18-10-9-14(11-19(18)25-16-6-2-3-7-16)13-22-20(23)12-15-5-4-8-17(15)21;/h9-11,15-17H,2-8,12-13,21H2,1H3,(H,22,23);1H/t15-,17+;/m0./s1. The molecular formula is C20H31ClN2O3. The summed E-state index contributed by atoms with van der Waals surface area (Å²) in [5.74, 6) is 1.94. The molecule has 6 heteroatoms. The first-order valence-corrected chi connectivity index (χ1v) is 9.51. The number of nitrogens with one attached hydrogen (secondary N) is 1. The van der Waals surface area contributed by atoms with E-state index in [-0.39, 0.29) is 30.5 Å². The molecule has 1 amide bonds. The van der Waals surface area contributed by atoms with Gasteiger partial charge in [0.2, 0.25) is 5.91 Å². The molecule has 0 aliphatic heterocycles. The second-order valence-electron chi connectivity index (χ2n) is 7.35. The lowest BCUT2D eigenvalue weighted by Gasteiger charge is -2.17. The lowest BCUT2D eigenvalue weighted by molar-refractivity contribution is -0.122. The van der Waals surface area contributed by atoms with Gasteiger partial charge < -0.3 is 20.5 Å². The van der Waals surface area contributed by atoms with Crippen LogP contribution in [0.3, 0.4) is 0 Å². The topological polar surface area (TPSA) is 73.6 Å². The summed E-state index contributed by atoms with van der Waals surface area (Å²) in [6, 6.07) is 6.05. The molecule has 2 aliphatic rings. The third-order valence-electron chi connectivity index (χ3n) is 5.48. The van der Waals surface area contributed by atoms with Crippen LogP contribution in [0.5, 0.6) is 11.5 Å². The van der Waals surface area contributed by atoms with Gasteiger partial charge in [-0.2, -0.15) is 0 Å². The number of carbonyl (C=O) groups excluding carboxylic acids is 1. The van der Waals surface area contributed by atoms with Crippen molar-refractivity contribution in [3.63, 3.8) is 0 Å². The van der Waals surface area contributed by atoms with Gasteiger partial charge in [0.25, 0.3) is 0 Å². The maximum Gasteiger partial charge on any atom is 0.220 e. The van der Waals surface area contributed by atoms with Crippen LogP contribution in [-0.4, -0.2) is 25.2 Å². The Kier molecular flexibility index (Phi) is 8.04. The Morgan fingerprint density at radius 2 is 1.92 bits per heavy atom. The fraction of sp³-hybridized carbons (Fsp3) is 0.650. The van der Waals surface area contributed by atoms with E-state index in [1.807, 2.05) is 18.2 Å². The molecular weight excluding hydrogens is 352 g/mol. The first-order chi connectivity index (χ1) is 12.2. The van der Waals surface area contributed by atoms with Gasteiger partial charge in [-0.1, -0.05) is 12.5 Å². The molecule has 146 valence electrons. The SMILES string of the molecule is COc1ccc(CNC(=O)C[C@@H]2CCC[C@H]2N)cc1OC1CCCC1.Cl. The summed E-state index contributed by atoms with van der Waals surface area (Å²) in [7, 11) is 1.66. The highest BCUT2D eigenvalue weighted by Gasteiger charge is 2.26. The molecule has 0 aromatic heterocycles. The average molecular weight is 383 g/mol. The molecule has 3 rings (SSSR count). The van der Waals surface area contributed by atoms with Crippen molar-refractivity contribution in [2.24, 2.45) is 11.7 Å². The zero-order valence-corrected chi connectivity index (χ0v) is 16.4. The Balaban J connectivity index is 0.00000243. The molecule has 5 nitrogen and oxygen atoms in total. The molecule has 2 atom stereocenters. The van der Waals surface area contributed by atoms with Crippen LogP contribution in [-0.2, 0) is 11.3 Å². The monoisotopic (exact) mass is 382 g/mol. The summed E-state index contributed by atoms with van der Waals surface area (Å²) in [4.78, 5) is 12.2. The number of hydrogen-bond acceptors (Lipinski definition) is 4. The van der Waals surface area contributed by atoms with E-state index in [4.69, 9.17) is 15.2 Å². The number of halogens is 1. The Morgan fingerprint density at radius 3 is 2.58 bits per heavy atom. The highest BCUT2D eigenvalue weighted by Crippen LogP contribution is 2.32. The van der Waals surface area contributed by atoms with Crippen molar-refractivity contribution in [2.45, 2.75) is 70.1 Å².